The lowest BCUT2D eigenvalue weighted by molar-refractivity contribution is -0.121. The van der Waals surface area contributed by atoms with Crippen LogP contribution < -0.4 is 16.0 Å². The third kappa shape index (κ3) is 1.87. The molecule has 3 N–H and O–H groups in total. The van der Waals surface area contributed by atoms with Crippen LogP contribution in [0.15, 0.2) is 48.5 Å². The fraction of sp³-hybridized carbons (Fsp3) is 0.278. The maximum absolute atomic E-state index is 12.7. The van der Waals surface area contributed by atoms with Crippen LogP contribution in [0.25, 0.3) is 0 Å². The van der Waals surface area contributed by atoms with Gasteiger partial charge in [0, 0.05) is 30.2 Å². The Morgan fingerprint density at radius 3 is 2.68 bits per heavy atom. The van der Waals surface area contributed by atoms with E-state index in [1.54, 1.807) is 0 Å². The van der Waals surface area contributed by atoms with E-state index in [-0.39, 0.29) is 5.91 Å². The average Bonchev–Trinajstić information content (AvgIpc) is 2.81. The number of piperidine rings is 1. The first-order chi connectivity index (χ1) is 10.7. The minimum atomic E-state index is -0.420. The number of carbonyl (C=O) groups is 1. The monoisotopic (exact) mass is 293 g/mol. The Morgan fingerprint density at radius 2 is 1.86 bits per heavy atom. The molecule has 0 aliphatic carbocycles. The number of para-hydroxylation sites is 1. The van der Waals surface area contributed by atoms with E-state index in [1.165, 1.54) is 0 Å². The summed E-state index contributed by atoms with van der Waals surface area (Å²) in [5.74, 6) is 0.133. The summed E-state index contributed by atoms with van der Waals surface area (Å²) in [5, 5.41) is 3.05. The Bertz CT molecular complexity index is 725. The van der Waals surface area contributed by atoms with Gasteiger partial charge in [0.1, 0.15) is 0 Å². The predicted molar refractivity (Wildman–Crippen MR) is 89.1 cm³/mol. The van der Waals surface area contributed by atoms with E-state index in [9.17, 15) is 4.79 Å². The van der Waals surface area contributed by atoms with Gasteiger partial charge >= 0.3 is 0 Å². The molecule has 0 aromatic heterocycles. The number of amides is 1. The Hall–Kier alpha value is -2.49. The summed E-state index contributed by atoms with van der Waals surface area (Å²) in [5.41, 5.74) is 9.35. The Morgan fingerprint density at radius 1 is 1.09 bits per heavy atom. The van der Waals surface area contributed by atoms with Crippen molar-refractivity contribution in [1.82, 2.24) is 0 Å². The summed E-state index contributed by atoms with van der Waals surface area (Å²) in [6.45, 7) is 1.70. The lowest BCUT2D eigenvalue weighted by Crippen LogP contribution is -2.50. The van der Waals surface area contributed by atoms with Crippen molar-refractivity contribution < 1.29 is 4.79 Å². The zero-order valence-electron chi connectivity index (χ0n) is 12.4. The quantitative estimate of drug-likeness (QED) is 0.795. The second-order valence-corrected chi connectivity index (χ2v) is 6.20. The highest BCUT2D eigenvalue weighted by Gasteiger charge is 2.49. The molecule has 2 aliphatic heterocycles. The number of hydrogen-bond acceptors (Lipinski definition) is 3. The van der Waals surface area contributed by atoms with Gasteiger partial charge in [-0.05, 0) is 48.7 Å². The molecular formula is C18H19N3O. The van der Waals surface area contributed by atoms with Gasteiger partial charge in [-0.15, -0.1) is 0 Å². The largest absolute Gasteiger partial charge is 0.399 e. The second-order valence-electron chi connectivity index (χ2n) is 6.20. The number of nitrogens with two attached hydrogens (primary N) is 1. The zero-order valence-corrected chi connectivity index (χ0v) is 12.4. The summed E-state index contributed by atoms with van der Waals surface area (Å²) in [6.07, 6.45) is 1.91. The third-order valence-corrected chi connectivity index (χ3v) is 4.88. The molecule has 112 valence electrons. The van der Waals surface area contributed by atoms with Gasteiger partial charge in [0.2, 0.25) is 5.91 Å². The number of nitrogen functional groups attached to an aromatic ring is 1. The van der Waals surface area contributed by atoms with Gasteiger partial charge in [-0.3, -0.25) is 4.79 Å². The number of nitrogens with one attached hydrogen (secondary N) is 1. The second kappa shape index (κ2) is 4.77. The highest BCUT2D eigenvalue weighted by atomic mass is 16.2. The van der Waals surface area contributed by atoms with Gasteiger partial charge in [0.15, 0.2) is 0 Å². The van der Waals surface area contributed by atoms with Gasteiger partial charge in [-0.2, -0.15) is 0 Å². The summed E-state index contributed by atoms with van der Waals surface area (Å²) in [7, 11) is 0. The molecule has 2 heterocycles. The number of fused-ring (bicyclic) bond motifs is 2. The molecule has 2 aromatic carbocycles. The normalized spacial score (nSPS) is 23.5. The van der Waals surface area contributed by atoms with Gasteiger partial charge in [-0.25, -0.2) is 0 Å². The first kappa shape index (κ1) is 13.2. The fourth-order valence-corrected chi connectivity index (χ4v) is 3.74. The highest BCUT2D eigenvalue weighted by Crippen LogP contribution is 2.44. The number of hydrogen-bond donors (Lipinski definition) is 2. The molecule has 0 unspecified atom stereocenters. The van der Waals surface area contributed by atoms with Gasteiger partial charge in [0.05, 0.1) is 5.41 Å². The molecule has 2 aliphatic rings. The molecule has 4 nitrogen and oxygen atoms in total. The molecule has 0 radical (unpaired) electrons. The topological polar surface area (TPSA) is 58.4 Å². The van der Waals surface area contributed by atoms with Crippen molar-refractivity contribution in [3.63, 3.8) is 0 Å². The van der Waals surface area contributed by atoms with Crippen LogP contribution in [-0.4, -0.2) is 19.0 Å². The van der Waals surface area contributed by atoms with Crippen molar-refractivity contribution in [2.24, 2.45) is 0 Å². The van der Waals surface area contributed by atoms with Crippen molar-refractivity contribution in [2.45, 2.75) is 18.3 Å². The molecule has 2 aromatic rings. The van der Waals surface area contributed by atoms with E-state index in [2.05, 4.69) is 16.3 Å². The van der Waals surface area contributed by atoms with Crippen LogP contribution in [0.1, 0.15) is 18.4 Å². The lowest BCUT2D eigenvalue weighted by Gasteiger charge is -2.40. The molecule has 1 spiro atoms. The standard InChI is InChI=1S/C18H19N3O/c19-13-6-8-14(9-7-13)21-11-3-10-18(12-21)15-4-1-2-5-16(15)20-17(18)22/h1-2,4-9H,3,10-12,19H2,(H,20,22)/t18-/m0/s1. The maximum atomic E-state index is 12.7. The van der Waals surface area contributed by atoms with E-state index >= 15 is 0 Å². The molecule has 22 heavy (non-hydrogen) atoms. The van der Waals surface area contributed by atoms with Crippen LogP contribution in [0.3, 0.4) is 0 Å². The predicted octanol–water partition coefficient (Wildman–Crippen LogP) is 2.76. The van der Waals surface area contributed by atoms with Crippen LogP contribution >= 0.6 is 0 Å². The summed E-state index contributed by atoms with van der Waals surface area (Å²) >= 11 is 0. The number of anilines is 3. The summed E-state index contributed by atoms with van der Waals surface area (Å²) in [6, 6.07) is 16.0. The minimum Gasteiger partial charge on any atom is -0.399 e. The van der Waals surface area contributed by atoms with Crippen molar-refractivity contribution in [3.8, 4) is 0 Å². The van der Waals surface area contributed by atoms with Crippen LogP contribution in [0.4, 0.5) is 17.1 Å². The van der Waals surface area contributed by atoms with Crippen LogP contribution in [0, 0.1) is 0 Å². The van der Waals surface area contributed by atoms with E-state index in [1.807, 2.05) is 42.5 Å². The zero-order chi connectivity index (χ0) is 15.2. The van der Waals surface area contributed by atoms with Crippen molar-refractivity contribution >= 4 is 23.0 Å². The molecule has 1 amide bonds. The van der Waals surface area contributed by atoms with Crippen molar-refractivity contribution in [1.29, 1.82) is 0 Å². The number of rotatable bonds is 1. The summed E-state index contributed by atoms with van der Waals surface area (Å²) in [4.78, 5) is 15.0. The average molecular weight is 293 g/mol. The van der Waals surface area contributed by atoms with Crippen LogP contribution in [0.2, 0.25) is 0 Å². The van der Waals surface area contributed by atoms with Gasteiger partial charge in [0.25, 0.3) is 0 Å². The summed E-state index contributed by atoms with van der Waals surface area (Å²) < 4.78 is 0. The first-order valence-corrected chi connectivity index (χ1v) is 7.70. The molecule has 4 rings (SSSR count). The fourth-order valence-electron chi connectivity index (χ4n) is 3.74. The maximum Gasteiger partial charge on any atom is 0.236 e. The Kier molecular flexibility index (Phi) is 2.86. The Balaban J connectivity index is 1.71. The van der Waals surface area contributed by atoms with E-state index in [4.69, 9.17) is 5.73 Å². The molecule has 1 saturated heterocycles. The minimum absolute atomic E-state index is 0.133. The van der Waals surface area contributed by atoms with E-state index < -0.39 is 5.41 Å². The lowest BCUT2D eigenvalue weighted by atomic mass is 9.75. The SMILES string of the molecule is Nc1ccc(N2CCC[C@@]3(C2)C(=O)Nc2ccccc23)cc1. The van der Waals surface area contributed by atoms with Crippen LogP contribution in [-0.2, 0) is 10.2 Å². The molecule has 1 atom stereocenters. The van der Waals surface area contributed by atoms with Gasteiger partial charge in [-0.1, -0.05) is 18.2 Å². The third-order valence-electron chi connectivity index (χ3n) is 4.88. The number of benzene rings is 2. The molecule has 1 fully saturated rings. The molecule has 4 heteroatoms. The van der Waals surface area contributed by atoms with Crippen molar-refractivity contribution in [3.05, 3.63) is 54.1 Å². The van der Waals surface area contributed by atoms with E-state index in [0.29, 0.717) is 0 Å². The Labute approximate surface area is 129 Å². The molecular weight excluding hydrogens is 274 g/mol. The van der Waals surface area contributed by atoms with Crippen LogP contribution in [0.5, 0.6) is 0 Å². The smallest absolute Gasteiger partial charge is 0.236 e. The highest BCUT2D eigenvalue weighted by molar-refractivity contribution is 6.06. The first-order valence-electron chi connectivity index (χ1n) is 7.70. The van der Waals surface area contributed by atoms with Crippen molar-refractivity contribution in [2.75, 3.05) is 29.0 Å². The molecule has 0 saturated carbocycles. The molecule has 0 bridgehead atoms. The van der Waals surface area contributed by atoms with E-state index in [0.717, 1.165) is 48.6 Å². The number of carbonyl (C=O) groups excluding carboxylic acids is 1. The number of nitrogens with zero attached hydrogens (tertiary/aromatic N) is 1. The van der Waals surface area contributed by atoms with Gasteiger partial charge < -0.3 is 16.0 Å².